The Kier molecular flexibility index (Phi) is 3.81. The molecule has 0 aromatic rings. The Bertz CT molecular complexity index is 310. The third kappa shape index (κ3) is 3.06. The van der Waals surface area contributed by atoms with Gasteiger partial charge in [-0.15, -0.1) is 0 Å². The third-order valence-corrected chi connectivity index (χ3v) is 3.42. The Labute approximate surface area is 101 Å². The number of likely N-dealkylation sites (tertiary alicyclic amines) is 1. The molecule has 5 nitrogen and oxygen atoms in total. The molecule has 0 aliphatic carbocycles. The number of aliphatic carboxylic acids is 1. The number of hydrogen-bond acceptors (Lipinski definition) is 4. The average Bonchev–Trinajstić information content (AvgIpc) is 2.76. The van der Waals surface area contributed by atoms with Crippen LogP contribution in [-0.4, -0.2) is 54.6 Å². The molecule has 0 aromatic heterocycles. The van der Waals surface area contributed by atoms with E-state index in [1.165, 1.54) is 0 Å². The highest BCUT2D eigenvalue weighted by molar-refractivity contribution is 5.85. The Morgan fingerprint density at radius 2 is 1.94 bits per heavy atom. The van der Waals surface area contributed by atoms with Gasteiger partial charge in [-0.2, -0.15) is 0 Å². The molecule has 96 valence electrons. The zero-order chi connectivity index (χ0) is 12.3. The minimum atomic E-state index is -0.846. The van der Waals surface area contributed by atoms with Crippen LogP contribution in [0.5, 0.6) is 0 Å². The summed E-state index contributed by atoms with van der Waals surface area (Å²) < 4.78 is 11.3. The van der Waals surface area contributed by atoms with Crippen molar-refractivity contribution in [2.45, 2.75) is 25.6 Å². The van der Waals surface area contributed by atoms with Crippen LogP contribution in [0.4, 0.5) is 0 Å². The number of nitrogens with zero attached hydrogens (tertiary/aromatic N) is 1. The number of carbonyl (C=O) groups is 1. The highest BCUT2D eigenvalue weighted by Crippen LogP contribution is 2.31. The van der Waals surface area contributed by atoms with E-state index in [-0.39, 0.29) is 5.79 Å². The van der Waals surface area contributed by atoms with Crippen LogP contribution in [0.25, 0.3) is 0 Å². The summed E-state index contributed by atoms with van der Waals surface area (Å²) in [4.78, 5) is 12.9. The van der Waals surface area contributed by atoms with Gasteiger partial charge in [-0.3, -0.25) is 4.90 Å². The third-order valence-electron chi connectivity index (χ3n) is 3.42. The van der Waals surface area contributed by atoms with E-state index < -0.39 is 5.97 Å². The molecule has 2 rings (SSSR count). The molecule has 5 heteroatoms. The highest BCUT2D eigenvalue weighted by Gasteiger charge is 2.39. The molecule has 0 aromatic carbocycles. The fourth-order valence-corrected chi connectivity index (χ4v) is 2.22. The first kappa shape index (κ1) is 12.5. The summed E-state index contributed by atoms with van der Waals surface area (Å²) in [6.45, 7) is 5.48. The van der Waals surface area contributed by atoms with Gasteiger partial charge in [0.2, 0.25) is 0 Å². The summed E-state index contributed by atoms with van der Waals surface area (Å²) in [7, 11) is 0. The molecule has 0 radical (unpaired) electrons. The molecule has 0 amide bonds. The predicted molar refractivity (Wildman–Crippen MR) is 61.7 cm³/mol. The molecule has 2 saturated heterocycles. The SMILES string of the molecule is C/C(=C\CN1CCC2(CC1)OCCO2)C(=O)O. The van der Waals surface area contributed by atoms with Gasteiger partial charge in [0.1, 0.15) is 0 Å². The lowest BCUT2D eigenvalue weighted by Gasteiger charge is -2.37. The van der Waals surface area contributed by atoms with E-state index in [1.54, 1.807) is 13.0 Å². The summed E-state index contributed by atoms with van der Waals surface area (Å²) >= 11 is 0. The summed E-state index contributed by atoms with van der Waals surface area (Å²) in [5.41, 5.74) is 0.402. The monoisotopic (exact) mass is 241 g/mol. The number of carboxylic acids is 1. The lowest BCUT2D eigenvalue weighted by Crippen LogP contribution is -2.45. The molecule has 0 unspecified atom stereocenters. The average molecular weight is 241 g/mol. The van der Waals surface area contributed by atoms with Crippen molar-refractivity contribution in [3.8, 4) is 0 Å². The number of piperidine rings is 1. The van der Waals surface area contributed by atoms with Gasteiger partial charge >= 0.3 is 5.97 Å². The molecule has 1 spiro atoms. The molecule has 17 heavy (non-hydrogen) atoms. The molecule has 2 fully saturated rings. The van der Waals surface area contributed by atoms with Crippen LogP contribution in [0.2, 0.25) is 0 Å². The zero-order valence-electron chi connectivity index (χ0n) is 10.1. The summed E-state index contributed by atoms with van der Waals surface area (Å²) in [6, 6.07) is 0. The quantitative estimate of drug-likeness (QED) is 0.742. The lowest BCUT2D eigenvalue weighted by atomic mass is 10.0. The summed E-state index contributed by atoms with van der Waals surface area (Å²) in [5.74, 6) is -1.19. The van der Waals surface area contributed by atoms with E-state index in [2.05, 4.69) is 4.90 Å². The first-order chi connectivity index (χ1) is 8.11. The normalized spacial score (nSPS) is 25.4. The molecule has 0 atom stereocenters. The minimum Gasteiger partial charge on any atom is -0.478 e. The first-order valence-electron chi connectivity index (χ1n) is 6.02. The molecule has 0 saturated carbocycles. The molecule has 1 N–H and O–H groups in total. The molecule has 2 aliphatic heterocycles. The number of rotatable bonds is 3. The van der Waals surface area contributed by atoms with Crippen molar-refractivity contribution < 1.29 is 19.4 Å². The van der Waals surface area contributed by atoms with Crippen molar-refractivity contribution in [3.05, 3.63) is 11.6 Å². The number of carboxylic acid groups (broad SMARTS) is 1. The van der Waals surface area contributed by atoms with Gasteiger partial charge in [0.25, 0.3) is 0 Å². The Morgan fingerprint density at radius 3 is 2.47 bits per heavy atom. The second-order valence-electron chi connectivity index (χ2n) is 4.60. The fourth-order valence-electron chi connectivity index (χ4n) is 2.22. The van der Waals surface area contributed by atoms with Crippen LogP contribution in [0.3, 0.4) is 0 Å². The van der Waals surface area contributed by atoms with Crippen LogP contribution in [-0.2, 0) is 14.3 Å². The standard InChI is InChI=1S/C12H19NO4/c1-10(11(14)15)2-5-13-6-3-12(4-7-13)16-8-9-17-12/h2H,3-9H2,1H3,(H,14,15)/b10-2+. The number of hydrogen-bond donors (Lipinski definition) is 1. The van der Waals surface area contributed by atoms with Crippen molar-refractivity contribution in [2.75, 3.05) is 32.8 Å². The lowest BCUT2D eigenvalue weighted by molar-refractivity contribution is -0.184. The van der Waals surface area contributed by atoms with E-state index >= 15 is 0 Å². The van der Waals surface area contributed by atoms with E-state index in [4.69, 9.17) is 14.6 Å². The molecule has 2 heterocycles. The van der Waals surface area contributed by atoms with E-state index in [0.29, 0.717) is 25.3 Å². The first-order valence-corrected chi connectivity index (χ1v) is 6.02. The second kappa shape index (κ2) is 5.16. The van der Waals surface area contributed by atoms with Crippen molar-refractivity contribution in [1.29, 1.82) is 0 Å². The van der Waals surface area contributed by atoms with Gasteiger partial charge in [0, 0.05) is 38.0 Å². The van der Waals surface area contributed by atoms with Crippen molar-refractivity contribution in [2.24, 2.45) is 0 Å². The maximum Gasteiger partial charge on any atom is 0.330 e. The Hall–Kier alpha value is -0.910. The van der Waals surface area contributed by atoms with Crippen molar-refractivity contribution in [1.82, 2.24) is 4.90 Å². The minimum absolute atomic E-state index is 0.345. The van der Waals surface area contributed by atoms with Gasteiger partial charge in [-0.05, 0) is 6.92 Å². The van der Waals surface area contributed by atoms with Crippen molar-refractivity contribution >= 4 is 5.97 Å². The zero-order valence-corrected chi connectivity index (χ0v) is 10.1. The van der Waals surface area contributed by atoms with E-state index in [0.717, 1.165) is 25.9 Å². The maximum atomic E-state index is 10.6. The van der Waals surface area contributed by atoms with Gasteiger partial charge in [0.05, 0.1) is 13.2 Å². The Morgan fingerprint density at radius 1 is 1.35 bits per heavy atom. The van der Waals surface area contributed by atoms with E-state index in [1.807, 2.05) is 0 Å². The molecule has 0 bridgehead atoms. The van der Waals surface area contributed by atoms with Gasteiger partial charge in [-0.25, -0.2) is 4.79 Å². The van der Waals surface area contributed by atoms with Crippen LogP contribution in [0, 0.1) is 0 Å². The summed E-state index contributed by atoms with van der Waals surface area (Å²) in [6.07, 6.45) is 3.50. The number of ether oxygens (including phenoxy) is 2. The largest absolute Gasteiger partial charge is 0.478 e. The smallest absolute Gasteiger partial charge is 0.330 e. The van der Waals surface area contributed by atoms with Gasteiger partial charge < -0.3 is 14.6 Å². The maximum absolute atomic E-state index is 10.6. The van der Waals surface area contributed by atoms with Crippen LogP contribution in [0.15, 0.2) is 11.6 Å². The summed E-state index contributed by atoms with van der Waals surface area (Å²) in [5, 5.41) is 8.75. The molecule has 2 aliphatic rings. The van der Waals surface area contributed by atoms with Gasteiger partial charge in [-0.1, -0.05) is 6.08 Å². The topological polar surface area (TPSA) is 59.0 Å². The molecular weight excluding hydrogens is 222 g/mol. The van der Waals surface area contributed by atoms with Crippen LogP contribution < -0.4 is 0 Å². The van der Waals surface area contributed by atoms with E-state index in [9.17, 15) is 4.79 Å². The fraction of sp³-hybridized carbons (Fsp3) is 0.750. The van der Waals surface area contributed by atoms with Crippen LogP contribution in [0.1, 0.15) is 19.8 Å². The molecular formula is C12H19NO4. The second-order valence-corrected chi connectivity index (χ2v) is 4.60. The van der Waals surface area contributed by atoms with Gasteiger partial charge in [0.15, 0.2) is 5.79 Å². The highest BCUT2D eigenvalue weighted by atomic mass is 16.7. The van der Waals surface area contributed by atoms with Crippen molar-refractivity contribution in [3.63, 3.8) is 0 Å². The Balaban J connectivity index is 1.79. The predicted octanol–water partition coefficient (Wildman–Crippen LogP) is 0.856. The van der Waals surface area contributed by atoms with Crippen LogP contribution >= 0.6 is 0 Å².